The SMILES string of the molecule is CCC(CC)n1ccc(C(=O)N2C[C@H](O)C[C@@H]2c2ccc(F)cc2)n1. The zero-order valence-corrected chi connectivity index (χ0v) is 14.6. The summed E-state index contributed by atoms with van der Waals surface area (Å²) in [6.07, 6.45) is 3.61. The molecule has 134 valence electrons. The largest absolute Gasteiger partial charge is 0.391 e. The van der Waals surface area contributed by atoms with Gasteiger partial charge in [-0.3, -0.25) is 9.48 Å². The topological polar surface area (TPSA) is 58.4 Å². The van der Waals surface area contributed by atoms with E-state index in [0.717, 1.165) is 18.4 Å². The van der Waals surface area contributed by atoms with E-state index in [1.165, 1.54) is 12.1 Å². The molecule has 0 saturated carbocycles. The Morgan fingerprint density at radius 1 is 1.28 bits per heavy atom. The van der Waals surface area contributed by atoms with Gasteiger partial charge in [0.1, 0.15) is 11.5 Å². The first-order valence-corrected chi connectivity index (χ1v) is 8.83. The fraction of sp³-hybridized carbons (Fsp3) is 0.474. The van der Waals surface area contributed by atoms with Crippen LogP contribution in [0.15, 0.2) is 36.5 Å². The van der Waals surface area contributed by atoms with Crippen LogP contribution in [0.3, 0.4) is 0 Å². The summed E-state index contributed by atoms with van der Waals surface area (Å²) in [5, 5.41) is 14.5. The Morgan fingerprint density at radius 2 is 1.96 bits per heavy atom. The molecule has 1 aliphatic rings. The Hall–Kier alpha value is -2.21. The number of aliphatic hydroxyl groups excluding tert-OH is 1. The highest BCUT2D eigenvalue weighted by Gasteiger charge is 2.36. The third-order valence-corrected chi connectivity index (χ3v) is 4.94. The first-order chi connectivity index (χ1) is 12.0. The number of benzene rings is 1. The number of carbonyl (C=O) groups is 1. The monoisotopic (exact) mass is 345 g/mol. The number of β-amino-alcohol motifs (C(OH)–C–C–N with tert-alkyl or cyclic N) is 1. The minimum atomic E-state index is -0.583. The Kier molecular flexibility index (Phi) is 5.18. The van der Waals surface area contributed by atoms with Crippen LogP contribution in [0.1, 0.15) is 61.2 Å². The summed E-state index contributed by atoms with van der Waals surface area (Å²) in [7, 11) is 0. The highest BCUT2D eigenvalue weighted by molar-refractivity contribution is 5.92. The number of aromatic nitrogens is 2. The Morgan fingerprint density at radius 3 is 2.60 bits per heavy atom. The molecule has 2 heterocycles. The number of hydrogen-bond donors (Lipinski definition) is 1. The van der Waals surface area contributed by atoms with Gasteiger partial charge in [-0.05, 0) is 43.0 Å². The third-order valence-electron chi connectivity index (χ3n) is 4.94. The maximum atomic E-state index is 13.2. The van der Waals surface area contributed by atoms with Crippen molar-refractivity contribution < 1.29 is 14.3 Å². The van der Waals surface area contributed by atoms with Gasteiger partial charge in [-0.15, -0.1) is 0 Å². The second-order valence-corrected chi connectivity index (χ2v) is 6.57. The van der Waals surface area contributed by atoms with Gasteiger partial charge in [-0.1, -0.05) is 26.0 Å². The lowest BCUT2D eigenvalue weighted by atomic mass is 10.0. The number of carbonyl (C=O) groups excluding carboxylic acids is 1. The molecule has 0 unspecified atom stereocenters. The average molecular weight is 345 g/mol. The molecule has 1 amide bonds. The first kappa shape index (κ1) is 17.6. The molecule has 5 nitrogen and oxygen atoms in total. The normalized spacial score (nSPS) is 20.4. The lowest BCUT2D eigenvalue weighted by Crippen LogP contribution is -2.32. The number of likely N-dealkylation sites (tertiary alicyclic amines) is 1. The summed E-state index contributed by atoms with van der Waals surface area (Å²) >= 11 is 0. The van der Waals surface area contributed by atoms with Crippen molar-refractivity contribution in [1.82, 2.24) is 14.7 Å². The van der Waals surface area contributed by atoms with E-state index in [2.05, 4.69) is 18.9 Å². The number of amides is 1. The molecule has 3 rings (SSSR count). The van der Waals surface area contributed by atoms with Crippen molar-refractivity contribution in [3.63, 3.8) is 0 Å². The van der Waals surface area contributed by atoms with E-state index >= 15 is 0 Å². The molecule has 0 radical (unpaired) electrons. The van der Waals surface area contributed by atoms with Gasteiger partial charge in [0, 0.05) is 12.7 Å². The first-order valence-electron chi connectivity index (χ1n) is 8.83. The van der Waals surface area contributed by atoms with Crippen molar-refractivity contribution in [2.24, 2.45) is 0 Å². The van der Waals surface area contributed by atoms with Gasteiger partial charge in [0.05, 0.1) is 18.2 Å². The van der Waals surface area contributed by atoms with E-state index < -0.39 is 6.10 Å². The fourth-order valence-electron chi connectivity index (χ4n) is 3.50. The van der Waals surface area contributed by atoms with E-state index in [0.29, 0.717) is 12.1 Å². The van der Waals surface area contributed by atoms with Crippen LogP contribution in [0.2, 0.25) is 0 Å². The van der Waals surface area contributed by atoms with E-state index in [1.54, 1.807) is 23.1 Å². The minimum Gasteiger partial charge on any atom is -0.391 e. The van der Waals surface area contributed by atoms with Crippen LogP contribution < -0.4 is 0 Å². The molecule has 1 aromatic heterocycles. The van der Waals surface area contributed by atoms with Crippen molar-refractivity contribution in [3.8, 4) is 0 Å². The van der Waals surface area contributed by atoms with E-state index in [9.17, 15) is 14.3 Å². The van der Waals surface area contributed by atoms with Crippen molar-refractivity contribution >= 4 is 5.91 Å². The van der Waals surface area contributed by atoms with Crippen LogP contribution in [-0.4, -0.2) is 38.3 Å². The summed E-state index contributed by atoms with van der Waals surface area (Å²) in [6, 6.07) is 7.84. The maximum absolute atomic E-state index is 13.2. The quantitative estimate of drug-likeness (QED) is 0.904. The lowest BCUT2D eigenvalue weighted by Gasteiger charge is -2.24. The lowest BCUT2D eigenvalue weighted by molar-refractivity contribution is 0.0708. The Balaban J connectivity index is 1.83. The van der Waals surface area contributed by atoms with Gasteiger partial charge in [-0.25, -0.2) is 4.39 Å². The molecule has 2 aromatic rings. The highest BCUT2D eigenvalue weighted by atomic mass is 19.1. The van der Waals surface area contributed by atoms with Gasteiger partial charge in [0.25, 0.3) is 5.91 Å². The molecule has 1 fully saturated rings. The number of rotatable bonds is 5. The van der Waals surface area contributed by atoms with Gasteiger partial charge in [0.2, 0.25) is 0 Å². The molecule has 1 aliphatic heterocycles. The highest BCUT2D eigenvalue weighted by Crippen LogP contribution is 2.33. The molecule has 0 bridgehead atoms. The smallest absolute Gasteiger partial charge is 0.274 e. The van der Waals surface area contributed by atoms with Crippen LogP contribution in [0.5, 0.6) is 0 Å². The predicted octanol–water partition coefficient (Wildman–Crippen LogP) is 3.33. The van der Waals surface area contributed by atoms with E-state index in [4.69, 9.17) is 0 Å². The molecule has 1 aromatic carbocycles. The average Bonchev–Trinajstić information content (AvgIpc) is 3.23. The predicted molar refractivity (Wildman–Crippen MR) is 92.6 cm³/mol. The molecule has 0 spiro atoms. The number of aliphatic hydroxyl groups is 1. The molecular weight excluding hydrogens is 321 g/mol. The summed E-state index contributed by atoms with van der Waals surface area (Å²) in [4.78, 5) is 14.6. The number of hydrogen-bond acceptors (Lipinski definition) is 3. The molecule has 1 N–H and O–H groups in total. The van der Waals surface area contributed by atoms with Crippen molar-refractivity contribution in [1.29, 1.82) is 0 Å². The Bertz CT molecular complexity index is 725. The summed E-state index contributed by atoms with van der Waals surface area (Å²) in [6.45, 7) is 4.45. The van der Waals surface area contributed by atoms with Crippen LogP contribution >= 0.6 is 0 Å². The van der Waals surface area contributed by atoms with Crippen molar-refractivity contribution in [2.75, 3.05) is 6.54 Å². The number of nitrogens with zero attached hydrogens (tertiary/aromatic N) is 3. The van der Waals surface area contributed by atoms with Gasteiger partial charge < -0.3 is 10.0 Å². The number of halogens is 1. The zero-order valence-electron chi connectivity index (χ0n) is 14.6. The Labute approximate surface area is 147 Å². The van der Waals surface area contributed by atoms with Crippen molar-refractivity contribution in [2.45, 2.75) is 51.3 Å². The third kappa shape index (κ3) is 3.58. The van der Waals surface area contributed by atoms with Crippen LogP contribution in [0.4, 0.5) is 4.39 Å². The summed E-state index contributed by atoms with van der Waals surface area (Å²) in [5.74, 6) is -0.514. The van der Waals surface area contributed by atoms with Crippen molar-refractivity contribution in [3.05, 3.63) is 53.6 Å². The minimum absolute atomic E-state index is 0.199. The van der Waals surface area contributed by atoms with Gasteiger partial charge >= 0.3 is 0 Å². The second-order valence-electron chi connectivity index (χ2n) is 6.57. The standard InChI is InChI=1S/C19H24FN3O2/c1-3-15(4-2)23-10-9-17(21-23)19(25)22-12-16(24)11-18(22)13-5-7-14(20)8-6-13/h5-10,15-16,18,24H,3-4,11-12H2,1-2H3/t16-,18-/m1/s1. The molecule has 2 atom stereocenters. The molecular formula is C19H24FN3O2. The van der Waals surface area contributed by atoms with E-state index in [-0.39, 0.29) is 30.4 Å². The zero-order chi connectivity index (χ0) is 18.0. The summed E-state index contributed by atoms with van der Waals surface area (Å²) < 4.78 is 15.0. The van der Waals surface area contributed by atoms with Gasteiger partial charge in [0.15, 0.2) is 0 Å². The van der Waals surface area contributed by atoms with Crippen LogP contribution in [0, 0.1) is 5.82 Å². The van der Waals surface area contributed by atoms with Crippen LogP contribution in [0.25, 0.3) is 0 Å². The second kappa shape index (κ2) is 7.35. The van der Waals surface area contributed by atoms with Crippen LogP contribution in [-0.2, 0) is 0 Å². The molecule has 25 heavy (non-hydrogen) atoms. The van der Waals surface area contributed by atoms with Gasteiger partial charge in [-0.2, -0.15) is 5.10 Å². The fourth-order valence-corrected chi connectivity index (χ4v) is 3.50. The molecule has 1 saturated heterocycles. The molecule has 6 heteroatoms. The molecule has 0 aliphatic carbocycles. The maximum Gasteiger partial charge on any atom is 0.274 e. The van der Waals surface area contributed by atoms with E-state index in [1.807, 2.05) is 10.9 Å². The summed E-state index contributed by atoms with van der Waals surface area (Å²) in [5.41, 5.74) is 1.21.